The molecule has 0 spiro atoms. The van der Waals surface area contributed by atoms with E-state index >= 15 is 0 Å². The zero-order valence-corrected chi connectivity index (χ0v) is 11.2. The number of hydrogen-bond acceptors (Lipinski definition) is 4. The van der Waals surface area contributed by atoms with Crippen LogP contribution in [0.25, 0.3) is 0 Å². The van der Waals surface area contributed by atoms with Crippen LogP contribution in [-0.2, 0) is 11.3 Å². The predicted molar refractivity (Wildman–Crippen MR) is 70.2 cm³/mol. The Kier molecular flexibility index (Phi) is 3.95. The van der Waals surface area contributed by atoms with Crippen LogP contribution in [0.2, 0.25) is 0 Å². The van der Waals surface area contributed by atoms with Crippen molar-refractivity contribution in [2.45, 2.75) is 13.5 Å². The number of aromatic hydroxyl groups is 1. The third-order valence-corrected chi connectivity index (χ3v) is 3.76. The van der Waals surface area contributed by atoms with Crippen LogP contribution in [-0.4, -0.2) is 41.3 Å². The van der Waals surface area contributed by atoms with Crippen molar-refractivity contribution in [3.8, 4) is 11.5 Å². The van der Waals surface area contributed by atoms with Crippen LogP contribution in [0.3, 0.4) is 0 Å². The first-order valence-corrected chi connectivity index (χ1v) is 6.32. The SMILES string of the molecule is COc1ccc(O)c(CN2CC(C(C)C(=O)O)C2)c1. The van der Waals surface area contributed by atoms with Gasteiger partial charge in [0.15, 0.2) is 0 Å². The number of ether oxygens (including phenoxy) is 1. The first kappa shape index (κ1) is 13.7. The number of likely N-dealkylation sites (tertiary alicyclic amines) is 1. The molecule has 0 amide bonds. The van der Waals surface area contributed by atoms with Gasteiger partial charge in [0.2, 0.25) is 0 Å². The van der Waals surface area contributed by atoms with Crippen LogP contribution in [0.1, 0.15) is 12.5 Å². The zero-order chi connectivity index (χ0) is 14.0. The van der Waals surface area contributed by atoms with Crippen molar-refractivity contribution in [2.24, 2.45) is 11.8 Å². The second-order valence-corrected chi connectivity index (χ2v) is 5.08. The number of methoxy groups -OCH3 is 1. The minimum Gasteiger partial charge on any atom is -0.508 e. The number of hydrogen-bond donors (Lipinski definition) is 2. The summed E-state index contributed by atoms with van der Waals surface area (Å²) < 4.78 is 5.13. The molecule has 1 atom stereocenters. The molecule has 1 saturated heterocycles. The summed E-state index contributed by atoms with van der Waals surface area (Å²) in [5.41, 5.74) is 0.806. The number of carboxylic acid groups (broad SMARTS) is 1. The highest BCUT2D eigenvalue weighted by Crippen LogP contribution is 2.29. The van der Waals surface area contributed by atoms with Crippen molar-refractivity contribution in [2.75, 3.05) is 20.2 Å². The molecule has 0 saturated carbocycles. The van der Waals surface area contributed by atoms with Gasteiger partial charge in [0.1, 0.15) is 11.5 Å². The Balaban J connectivity index is 1.92. The molecule has 1 aromatic carbocycles. The molecule has 5 heteroatoms. The number of carboxylic acids is 1. The van der Waals surface area contributed by atoms with Gasteiger partial charge in [0.25, 0.3) is 0 Å². The normalized spacial score (nSPS) is 17.8. The van der Waals surface area contributed by atoms with Crippen LogP contribution in [0, 0.1) is 11.8 Å². The molecule has 1 fully saturated rings. The Morgan fingerprint density at radius 1 is 1.53 bits per heavy atom. The molecule has 5 nitrogen and oxygen atoms in total. The van der Waals surface area contributed by atoms with E-state index in [1.807, 2.05) is 6.07 Å². The topological polar surface area (TPSA) is 70.0 Å². The standard InChI is InChI=1S/C14H19NO4/c1-9(14(17)18)11-7-15(8-11)6-10-5-12(19-2)3-4-13(10)16/h3-5,9,11,16H,6-8H2,1-2H3,(H,17,18). The maximum Gasteiger partial charge on any atom is 0.306 e. The molecule has 2 N–H and O–H groups in total. The van der Waals surface area contributed by atoms with E-state index in [4.69, 9.17) is 9.84 Å². The highest BCUT2D eigenvalue weighted by Gasteiger charge is 2.34. The number of aliphatic carboxylic acids is 1. The molecule has 1 aliphatic rings. The zero-order valence-electron chi connectivity index (χ0n) is 11.2. The predicted octanol–water partition coefficient (Wildman–Crippen LogP) is 1.55. The Morgan fingerprint density at radius 2 is 2.21 bits per heavy atom. The summed E-state index contributed by atoms with van der Waals surface area (Å²) in [6.07, 6.45) is 0. The summed E-state index contributed by atoms with van der Waals surface area (Å²) in [4.78, 5) is 13.0. The summed E-state index contributed by atoms with van der Waals surface area (Å²) in [6, 6.07) is 5.14. The second kappa shape index (κ2) is 5.48. The summed E-state index contributed by atoms with van der Waals surface area (Å²) in [6.45, 7) is 3.87. The molecular weight excluding hydrogens is 246 g/mol. The van der Waals surface area contributed by atoms with Gasteiger partial charge in [0.05, 0.1) is 13.0 Å². The van der Waals surface area contributed by atoms with Gasteiger partial charge in [0, 0.05) is 25.2 Å². The Labute approximate surface area is 112 Å². The monoisotopic (exact) mass is 265 g/mol. The Bertz CT molecular complexity index is 469. The van der Waals surface area contributed by atoms with Crippen LogP contribution >= 0.6 is 0 Å². The molecular formula is C14H19NO4. The molecule has 0 aliphatic carbocycles. The van der Waals surface area contributed by atoms with Gasteiger partial charge in [-0.25, -0.2) is 0 Å². The Hall–Kier alpha value is -1.75. The van der Waals surface area contributed by atoms with E-state index in [1.165, 1.54) is 0 Å². The maximum atomic E-state index is 10.9. The molecule has 1 aromatic rings. The van der Waals surface area contributed by atoms with E-state index in [9.17, 15) is 9.90 Å². The van der Waals surface area contributed by atoms with Crippen LogP contribution in [0.5, 0.6) is 11.5 Å². The molecule has 104 valence electrons. The summed E-state index contributed by atoms with van der Waals surface area (Å²) in [5, 5.41) is 18.7. The van der Waals surface area contributed by atoms with E-state index in [0.29, 0.717) is 12.3 Å². The minimum absolute atomic E-state index is 0.199. The molecule has 1 heterocycles. The van der Waals surface area contributed by atoms with Gasteiger partial charge in [-0.2, -0.15) is 0 Å². The quantitative estimate of drug-likeness (QED) is 0.845. The van der Waals surface area contributed by atoms with Crippen molar-refractivity contribution in [1.82, 2.24) is 4.90 Å². The fraction of sp³-hybridized carbons (Fsp3) is 0.500. The van der Waals surface area contributed by atoms with Crippen LogP contribution < -0.4 is 4.74 Å². The lowest BCUT2D eigenvalue weighted by Crippen LogP contribution is -2.50. The minimum atomic E-state index is -0.742. The summed E-state index contributed by atoms with van der Waals surface area (Å²) in [5.74, 6) is 0.105. The van der Waals surface area contributed by atoms with Gasteiger partial charge >= 0.3 is 5.97 Å². The second-order valence-electron chi connectivity index (χ2n) is 5.08. The summed E-state index contributed by atoms with van der Waals surface area (Å²) in [7, 11) is 1.59. The number of benzene rings is 1. The average molecular weight is 265 g/mol. The third-order valence-electron chi connectivity index (χ3n) is 3.76. The number of carbonyl (C=O) groups is 1. The molecule has 0 bridgehead atoms. The third kappa shape index (κ3) is 2.98. The van der Waals surface area contributed by atoms with Crippen LogP contribution in [0.15, 0.2) is 18.2 Å². The maximum absolute atomic E-state index is 10.9. The first-order chi connectivity index (χ1) is 9.01. The lowest BCUT2D eigenvalue weighted by molar-refractivity contribution is -0.145. The fourth-order valence-electron chi connectivity index (χ4n) is 2.31. The lowest BCUT2D eigenvalue weighted by Gasteiger charge is -2.41. The lowest BCUT2D eigenvalue weighted by atomic mass is 9.87. The first-order valence-electron chi connectivity index (χ1n) is 6.32. The van der Waals surface area contributed by atoms with Crippen LogP contribution in [0.4, 0.5) is 0 Å². The summed E-state index contributed by atoms with van der Waals surface area (Å²) >= 11 is 0. The van der Waals surface area contributed by atoms with Crippen molar-refractivity contribution in [3.63, 3.8) is 0 Å². The van der Waals surface area contributed by atoms with Gasteiger partial charge in [-0.15, -0.1) is 0 Å². The van der Waals surface area contributed by atoms with Crippen molar-refractivity contribution in [3.05, 3.63) is 23.8 Å². The fourth-order valence-corrected chi connectivity index (χ4v) is 2.31. The largest absolute Gasteiger partial charge is 0.508 e. The van der Waals surface area contributed by atoms with E-state index in [0.717, 1.165) is 18.7 Å². The van der Waals surface area contributed by atoms with E-state index in [-0.39, 0.29) is 17.6 Å². The highest BCUT2D eigenvalue weighted by molar-refractivity contribution is 5.70. The van der Waals surface area contributed by atoms with E-state index in [2.05, 4.69) is 4.90 Å². The highest BCUT2D eigenvalue weighted by atomic mass is 16.5. The van der Waals surface area contributed by atoms with E-state index in [1.54, 1.807) is 26.2 Å². The Morgan fingerprint density at radius 3 is 2.79 bits per heavy atom. The molecule has 2 rings (SSSR count). The van der Waals surface area contributed by atoms with Gasteiger partial charge in [-0.05, 0) is 24.1 Å². The smallest absolute Gasteiger partial charge is 0.306 e. The molecule has 0 aromatic heterocycles. The molecule has 0 radical (unpaired) electrons. The number of nitrogens with zero attached hydrogens (tertiary/aromatic N) is 1. The van der Waals surface area contributed by atoms with Crippen molar-refractivity contribution in [1.29, 1.82) is 0 Å². The molecule has 1 aliphatic heterocycles. The molecule has 1 unspecified atom stereocenters. The van der Waals surface area contributed by atoms with Gasteiger partial charge < -0.3 is 14.9 Å². The molecule has 19 heavy (non-hydrogen) atoms. The van der Waals surface area contributed by atoms with Gasteiger partial charge in [-0.3, -0.25) is 9.69 Å². The number of phenols is 1. The van der Waals surface area contributed by atoms with Crippen molar-refractivity contribution < 1.29 is 19.7 Å². The number of phenolic OH excluding ortho intramolecular Hbond substituents is 1. The van der Waals surface area contributed by atoms with Gasteiger partial charge in [-0.1, -0.05) is 6.92 Å². The van der Waals surface area contributed by atoms with E-state index < -0.39 is 5.97 Å². The average Bonchev–Trinajstić information content (AvgIpc) is 2.34. The number of rotatable bonds is 5. The van der Waals surface area contributed by atoms with Crippen molar-refractivity contribution >= 4 is 5.97 Å².